The molecule has 0 unspecified atom stereocenters. The Morgan fingerprint density at radius 3 is 2.21 bits per heavy atom. The van der Waals surface area contributed by atoms with E-state index in [1.165, 1.54) is 0 Å². The first kappa shape index (κ1) is 15.0. The van der Waals surface area contributed by atoms with Crippen LogP contribution < -0.4 is 0 Å². The minimum Gasteiger partial charge on any atom is -0.444 e. The Labute approximate surface area is 114 Å². The molecule has 1 amide bonds. The molecule has 0 aromatic carbocycles. The zero-order valence-electron chi connectivity index (χ0n) is 11.6. The third-order valence-corrected chi connectivity index (χ3v) is 2.83. The third kappa shape index (κ3) is 5.01. The van der Waals surface area contributed by atoms with Crippen molar-refractivity contribution in [2.24, 2.45) is 5.92 Å². The van der Waals surface area contributed by atoms with Crippen molar-refractivity contribution in [3.8, 4) is 12.1 Å². The van der Waals surface area contributed by atoms with Crippen molar-refractivity contribution in [3.05, 3.63) is 11.6 Å². The Kier molecular flexibility index (Phi) is 4.94. The predicted molar refractivity (Wildman–Crippen MR) is 69.8 cm³/mol. The topological polar surface area (TPSA) is 77.1 Å². The highest BCUT2D eigenvalue weighted by Gasteiger charge is 2.26. The first-order chi connectivity index (χ1) is 8.85. The van der Waals surface area contributed by atoms with Gasteiger partial charge in [0, 0.05) is 13.1 Å². The quantitative estimate of drug-likeness (QED) is 0.680. The molecule has 0 radical (unpaired) electrons. The van der Waals surface area contributed by atoms with Gasteiger partial charge in [-0.15, -0.1) is 0 Å². The van der Waals surface area contributed by atoms with Crippen molar-refractivity contribution < 1.29 is 9.53 Å². The number of piperidine rings is 1. The lowest BCUT2D eigenvalue weighted by atomic mass is 9.95. The van der Waals surface area contributed by atoms with Gasteiger partial charge in [-0.25, -0.2) is 4.79 Å². The van der Waals surface area contributed by atoms with E-state index in [0.29, 0.717) is 13.1 Å². The number of carbonyl (C=O) groups excluding carboxylic acids is 1. The van der Waals surface area contributed by atoms with E-state index in [1.807, 2.05) is 32.9 Å². The summed E-state index contributed by atoms with van der Waals surface area (Å²) in [5.41, 5.74) is -0.335. The van der Waals surface area contributed by atoms with Crippen LogP contribution in [0.1, 0.15) is 33.6 Å². The van der Waals surface area contributed by atoms with Gasteiger partial charge in [-0.3, -0.25) is 0 Å². The Balaban J connectivity index is 2.50. The largest absolute Gasteiger partial charge is 0.444 e. The number of nitrogens with zero attached hydrogens (tertiary/aromatic N) is 3. The van der Waals surface area contributed by atoms with E-state index in [9.17, 15) is 4.79 Å². The predicted octanol–water partition coefficient (Wildman–Crippen LogP) is 2.61. The second-order valence-corrected chi connectivity index (χ2v) is 5.61. The van der Waals surface area contributed by atoms with Gasteiger partial charge in [0.25, 0.3) is 0 Å². The zero-order valence-corrected chi connectivity index (χ0v) is 11.6. The maximum atomic E-state index is 11.8. The van der Waals surface area contributed by atoms with E-state index in [1.54, 1.807) is 11.0 Å². The number of hydrogen-bond donors (Lipinski definition) is 0. The Hall–Kier alpha value is -2.01. The fourth-order valence-electron chi connectivity index (χ4n) is 1.91. The molecule has 1 aliphatic rings. The highest BCUT2D eigenvalue weighted by molar-refractivity contribution is 5.68. The second-order valence-electron chi connectivity index (χ2n) is 5.61. The van der Waals surface area contributed by atoms with Crippen LogP contribution in [0.2, 0.25) is 0 Å². The average Bonchev–Trinajstić information content (AvgIpc) is 2.34. The van der Waals surface area contributed by atoms with Crippen LogP contribution in [0.15, 0.2) is 11.6 Å². The van der Waals surface area contributed by atoms with E-state index >= 15 is 0 Å². The van der Waals surface area contributed by atoms with E-state index in [0.717, 1.165) is 12.8 Å². The molecule has 1 saturated heterocycles. The fraction of sp³-hybridized carbons (Fsp3) is 0.643. The Morgan fingerprint density at radius 2 is 1.79 bits per heavy atom. The van der Waals surface area contributed by atoms with Gasteiger partial charge < -0.3 is 9.64 Å². The summed E-state index contributed by atoms with van der Waals surface area (Å²) in [6.45, 7) is 6.71. The van der Waals surface area contributed by atoms with Crippen LogP contribution in [-0.2, 0) is 4.74 Å². The lowest BCUT2D eigenvalue weighted by molar-refractivity contribution is 0.0197. The molecule has 1 rings (SSSR count). The first-order valence-corrected chi connectivity index (χ1v) is 6.35. The van der Waals surface area contributed by atoms with Crippen LogP contribution in [0.5, 0.6) is 0 Å². The molecule has 0 atom stereocenters. The maximum absolute atomic E-state index is 11.8. The maximum Gasteiger partial charge on any atom is 0.410 e. The molecule has 0 aliphatic carbocycles. The standard InChI is InChI=1S/C14H19N3O2/c1-14(2,3)19-13(18)17-6-4-11(5-7-17)8-12(9-15)10-16/h8,11H,4-7H2,1-3H3. The molecule has 0 aromatic heterocycles. The smallest absolute Gasteiger partial charge is 0.410 e. The summed E-state index contributed by atoms with van der Waals surface area (Å²) in [6, 6.07) is 3.72. The Bertz CT molecular complexity index is 425. The summed E-state index contributed by atoms with van der Waals surface area (Å²) in [4.78, 5) is 13.5. The molecular weight excluding hydrogens is 242 g/mol. The molecule has 5 nitrogen and oxygen atoms in total. The van der Waals surface area contributed by atoms with Crippen molar-refractivity contribution >= 4 is 6.09 Å². The van der Waals surface area contributed by atoms with Crippen molar-refractivity contribution in [1.82, 2.24) is 4.90 Å². The van der Waals surface area contributed by atoms with Crippen molar-refractivity contribution in [3.63, 3.8) is 0 Å². The molecule has 19 heavy (non-hydrogen) atoms. The minimum atomic E-state index is -0.484. The molecular formula is C14H19N3O2. The number of nitriles is 2. The number of rotatable bonds is 1. The number of carbonyl (C=O) groups is 1. The molecule has 0 aromatic rings. The molecule has 1 fully saturated rings. The summed E-state index contributed by atoms with van der Waals surface area (Å²) in [5, 5.41) is 17.4. The van der Waals surface area contributed by atoms with Crippen LogP contribution in [0.3, 0.4) is 0 Å². The van der Waals surface area contributed by atoms with Crippen molar-refractivity contribution in [2.75, 3.05) is 13.1 Å². The summed E-state index contributed by atoms with van der Waals surface area (Å²) in [7, 11) is 0. The molecule has 1 heterocycles. The number of allylic oxidation sites excluding steroid dienone is 2. The second kappa shape index (κ2) is 6.24. The van der Waals surface area contributed by atoms with Crippen LogP contribution in [0.4, 0.5) is 4.79 Å². The van der Waals surface area contributed by atoms with Gasteiger partial charge in [-0.1, -0.05) is 6.08 Å². The first-order valence-electron chi connectivity index (χ1n) is 6.35. The SMILES string of the molecule is CC(C)(C)OC(=O)N1CCC(C=C(C#N)C#N)CC1. The highest BCUT2D eigenvalue weighted by Crippen LogP contribution is 2.21. The summed E-state index contributed by atoms with van der Waals surface area (Å²) in [6.07, 6.45) is 2.92. The molecule has 0 saturated carbocycles. The molecule has 1 aliphatic heterocycles. The monoisotopic (exact) mass is 261 g/mol. The van der Waals surface area contributed by atoms with E-state index in [4.69, 9.17) is 15.3 Å². The molecule has 5 heteroatoms. The lowest BCUT2D eigenvalue weighted by Crippen LogP contribution is -2.41. The van der Waals surface area contributed by atoms with Gasteiger partial charge in [0.1, 0.15) is 23.3 Å². The van der Waals surface area contributed by atoms with Gasteiger partial charge in [-0.05, 0) is 39.5 Å². The molecule has 0 bridgehead atoms. The average molecular weight is 261 g/mol. The highest BCUT2D eigenvalue weighted by atomic mass is 16.6. The van der Waals surface area contributed by atoms with Gasteiger partial charge in [0.15, 0.2) is 0 Å². The third-order valence-electron chi connectivity index (χ3n) is 2.83. The van der Waals surface area contributed by atoms with Crippen molar-refractivity contribution in [2.45, 2.75) is 39.2 Å². The van der Waals surface area contributed by atoms with Gasteiger partial charge in [-0.2, -0.15) is 10.5 Å². The van der Waals surface area contributed by atoms with Crippen LogP contribution in [0.25, 0.3) is 0 Å². The van der Waals surface area contributed by atoms with Gasteiger partial charge in [0.2, 0.25) is 0 Å². The summed E-state index contributed by atoms with van der Waals surface area (Å²) in [5.74, 6) is 0.188. The number of ether oxygens (including phenoxy) is 1. The van der Waals surface area contributed by atoms with E-state index in [-0.39, 0.29) is 17.6 Å². The zero-order chi connectivity index (χ0) is 14.5. The normalized spacial score (nSPS) is 16.2. The molecule has 0 spiro atoms. The van der Waals surface area contributed by atoms with Crippen molar-refractivity contribution in [1.29, 1.82) is 10.5 Å². The van der Waals surface area contributed by atoms with Crippen LogP contribution in [-0.4, -0.2) is 29.7 Å². The van der Waals surface area contributed by atoms with Crippen LogP contribution >= 0.6 is 0 Å². The van der Waals surface area contributed by atoms with Crippen LogP contribution in [0, 0.1) is 28.6 Å². The van der Waals surface area contributed by atoms with E-state index in [2.05, 4.69) is 0 Å². The number of hydrogen-bond acceptors (Lipinski definition) is 4. The lowest BCUT2D eigenvalue weighted by Gasteiger charge is -2.32. The van der Waals surface area contributed by atoms with Gasteiger partial charge in [0.05, 0.1) is 0 Å². The molecule has 102 valence electrons. The summed E-state index contributed by atoms with van der Waals surface area (Å²) < 4.78 is 5.30. The fourth-order valence-corrected chi connectivity index (χ4v) is 1.91. The van der Waals surface area contributed by atoms with Gasteiger partial charge >= 0.3 is 6.09 Å². The van der Waals surface area contributed by atoms with E-state index < -0.39 is 5.60 Å². The number of amides is 1. The summed E-state index contributed by atoms with van der Waals surface area (Å²) >= 11 is 0. The Morgan fingerprint density at radius 1 is 1.26 bits per heavy atom. The number of likely N-dealkylation sites (tertiary alicyclic amines) is 1. The molecule has 0 N–H and O–H groups in total. The minimum absolute atomic E-state index is 0.149.